The number of carbonyl (C=O) groups excluding carboxylic acids is 2. The monoisotopic (exact) mass is 609 g/mol. The summed E-state index contributed by atoms with van der Waals surface area (Å²) in [5, 5.41) is 6.06. The minimum absolute atomic E-state index is 0.0559. The van der Waals surface area contributed by atoms with E-state index < -0.39 is 51.1 Å². The van der Waals surface area contributed by atoms with E-state index in [4.69, 9.17) is 39.6 Å². The molecule has 3 aliphatic rings. The van der Waals surface area contributed by atoms with Crippen molar-refractivity contribution in [2.45, 2.75) is 23.7 Å². The maximum Gasteiger partial charge on any atom is 0.435 e. The topological polar surface area (TPSA) is 105 Å². The number of nitrogens with one attached hydrogen (secondary N) is 1. The number of benzene rings is 2. The molecule has 0 aliphatic carbocycles. The Kier molecular flexibility index (Phi) is 6.22. The molecule has 8 nitrogen and oxygen atoms in total. The Labute approximate surface area is 229 Å². The van der Waals surface area contributed by atoms with Crippen molar-refractivity contribution in [2.24, 2.45) is 5.16 Å². The van der Waals surface area contributed by atoms with Gasteiger partial charge in [0.25, 0.3) is 11.5 Å². The number of halogens is 6. The second-order valence-electron chi connectivity index (χ2n) is 9.50. The zero-order chi connectivity index (χ0) is 27.8. The summed E-state index contributed by atoms with van der Waals surface area (Å²) >= 11 is 17.9. The summed E-state index contributed by atoms with van der Waals surface area (Å²) in [7, 11) is -3.52. The Bertz CT molecular complexity index is 1520. The van der Waals surface area contributed by atoms with Crippen LogP contribution in [-0.4, -0.2) is 62.1 Å². The van der Waals surface area contributed by atoms with Crippen LogP contribution < -0.4 is 5.32 Å². The number of nitrogens with zero attached hydrogens (tertiary/aromatic N) is 2. The molecule has 2 aromatic rings. The molecule has 5 rings (SSSR count). The van der Waals surface area contributed by atoms with Gasteiger partial charge < -0.3 is 15.1 Å². The predicted octanol–water partition coefficient (Wildman–Crippen LogP) is 4.05. The first-order valence-corrected chi connectivity index (χ1v) is 14.1. The number of likely N-dealkylation sites (tertiary alicyclic amines) is 1. The highest BCUT2D eigenvalue weighted by atomic mass is 35.5. The third kappa shape index (κ3) is 4.31. The van der Waals surface area contributed by atoms with Gasteiger partial charge in [-0.1, -0.05) is 52.1 Å². The Morgan fingerprint density at radius 2 is 1.79 bits per heavy atom. The maximum atomic E-state index is 14.3. The number of sulfone groups is 1. The lowest BCUT2D eigenvalue weighted by atomic mass is 9.81. The van der Waals surface area contributed by atoms with Crippen LogP contribution in [-0.2, 0) is 30.6 Å². The fourth-order valence-electron chi connectivity index (χ4n) is 4.87. The molecule has 0 saturated carbocycles. The van der Waals surface area contributed by atoms with Crippen LogP contribution in [0.1, 0.15) is 33.5 Å². The molecular formula is C23H17Cl3F3N3O5S. The van der Waals surface area contributed by atoms with Gasteiger partial charge in [-0.15, -0.1) is 0 Å². The average Bonchev–Trinajstić information content (AvgIpc) is 3.35. The number of amides is 2. The molecule has 1 unspecified atom stereocenters. The first-order valence-electron chi connectivity index (χ1n) is 10.9. The van der Waals surface area contributed by atoms with Crippen molar-refractivity contribution in [1.82, 2.24) is 10.2 Å². The molecule has 0 radical (unpaired) electrons. The van der Waals surface area contributed by atoms with E-state index >= 15 is 0 Å². The van der Waals surface area contributed by atoms with E-state index in [1.54, 1.807) is 6.07 Å². The average molecular weight is 611 g/mol. The van der Waals surface area contributed by atoms with Crippen molar-refractivity contribution >= 4 is 62.2 Å². The van der Waals surface area contributed by atoms with Crippen molar-refractivity contribution in [2.75, 3.05) is 25.1 Å². The van der Waals surface area contributed by atoms with Crippen LogP contribution in [0.25, 0.3) is 0 Å². The molecule has 3 heterocycles. The first kappa shape index (κ1) is 27.0. The lowest BCUT2D eigenvalue weighted by molar-refractivity contribution is -0.275. The van der Waals surface area contributed by atoms with Gasteiger partial charge in [0.15, 0.2) is 9.84 Å². The van der Waals surface area contributed by atoms with Gasteiger partial charge in [0.1, 0.15) is 11.3 Å². The summed E-state index contributed by atoms with van der Waals surface area (Å²) in [6.07, 6.45) is -4.68. The quantitative estimate of drug-likeness (QED) is 0.526. The number of hydrogen-bond acceptors (Lipinski definition) is 6. The maximum absolute atomic E-state index is 14.3. The van der Waals surface area contributed by atoms with E-state index in [0.29, 0.717) is 5.56 Å². The van der Waals surface area contributed by atoms with Gasteiger partial charge >= 0.3 is 6.18 Å². The van der Waals surface area contributed by atoms with E-state index in [1.807, 2.05) is 0 Å². The first-order chi connectivity index (χ1) is 17.6. The van der Waals surface area contributed by atoms with Crippen LogP contribution in [0.3, 0.4) is 0 Å². The summed E-state index contributed by atoms with van der Waals surface area (Å²) < 4.78 is 65.9. The number of oxime groups is 1. The number of carbonyl (C=O) groups is 2. The van der Waals surface area contributed by atoms with Gasteiger partial charge in [0.05, 0.1) is 20.8 Å². The Morgan fingerprint density at radius 1 is 1.16 bits per heavy atom. The lowest BCUT2D eigenvalue weighted by Crippen LogP contribution is -2.67. The number of alkyl halides is 3. The molecule has 15 heteroatoms. The van der Waals surface area contributed by atoms with E-state index in [2.05, 4.69) is 10.5 Å². The Balaban J connectivity index is 1.42. The van der Waals surface area contributed by atoms with Crippen LogP contribution in [0.4, 0.5) is 13.2 Å². The lowest BCUT2D eigenvalue weighted by Gasteiger charge is -2.48. The normalized spacial score (nSPS) is 22.0. The van der Waals surface area contributed by atoms with Crippen molar-refractivity contribution in [1.29, 1.82) is 0 Å². The van der Waals surface area contributed by atoms with E-state index in [1.165, 1.54) is 17.0 Å². The standard InChI is InChI=1S/C23H17Cl3F3N3O5S/c1-38(35,36)8-18(33)32-9-21(10-32)14-3-2-11(4-13(14)20(34)30-21)17-7-22(37-31-17,23(27,28)29)12-5-15(24)19(26)16(25)6-12/h2-6H,7-10H2,1H3,(H,30,34). The predicted molar refractivity (Wildman–Crippen MR) is 133 cm³/mol. The third-order valence-electron chi connectivity index (χ3n) is 6.76. The molecule has 1 N–H and O–H groups in total. The van der Waals surface area contributed by atoms with Gasteiger partial charge in [-0.2, -0.15) is 13.2 Å². The molecule has 1 atom stereocenters. The van der Waals surface area contributed by atoms with Crippen LogP contribution in [0.5, 0.6) is 0 Å². The molecule has 2 amide bonds. The summed E-state index contributed by atoms with van der Waals surface area (Å²) in [4.78, 5) is 31.3. The van der Waals surface area contributed by atoms with Gasteiger partial charge in [-0.05, 0) is 23.8 Å². The molecule has 0 aromatic heterocycles. The largest absolute Gasteiger partial charge is 0.435 e. The van der Waals surface area contributed by atoms with E-state index in [0.717, 1.165) is 18.4 Å². The van der Waals surface area contributed by atoms with Crippen LogP contribution in [0.15, 0.2) is 35.5 Å². The smallest absolute Gasteiger partial charge is 0.374 e. The van der Waals surface area contributed by atoms with Gasteiger partial charge in [0.2, 0.25) is 5.91 Å². The molecule has 3 aliphatic heterocycles. The third-order valence-corrected chi connectivity index (χ3v) is 8.73. The van der Waals surface area contributed by atoms with Gasteiger partial charge in [0, 0.05) is 42.5 Å². The molecule has 1 spiro atoms. The molecule has 202 valence electrons. The summed E-state index contributed by atoms with van der Waals surface area (Å²) in [6, 6.07) is 6.55. The second-order valence-corrected chi connectivity index (χ2v) is 12.8. The van der Waals surface area contributed by atoms with Crippen molar-refractivity contribution in [3.63, 3.8) is 0 Å². The summed E-state index contributed by atoms with van der Waals surface area (Å²) in [5.41, 5.74) is -3.22. The van der Waals surface area contributed by atoms with Gasteiger partial charge in [-0.3, -0.25) is 9.59 Å². The highest BCUT2D eigenvalue weighted by Crippen LogP contribution is 2.51. The molecule has 0 bridgehead atoms. The van der Waals surface area contributed by atoms with Crippen LogP contribution in [0, 0.1) is 0 Å². The summed E-state index contributed by atoms with van der Waals surface area (Å²) in [6.45, 7) is 0.136. The Morgan fingerprint density at radius 3 is 2.37 bits per heavy atom. The SMILES string of the molecule is CS(=O)(=O)CC(=O)N1CC2(C1)NC(=O)c1cc(C3=NOC(c4cc(Cl)c(Cl)c(Cl)c4)(C(F)(F)F)C3)ccc12. The van der Waals surface area contributed by atoms with Crippen molar-refractivity contribution in [3.05, 3.63) is 67.7 Å². The molecule has 1 saturated heterocycles. The fraction of sp³-hybridized carbons (Fsp3) is 0.348. The zero-order valence-electron chi connectivity index (χ0n) is 19.3. The molecule has 2 aromatic carbocycles. The van der Waals surface area contributed by atoms with Crippen LogP contribution >= 0.6 is 34.8 Å². The highest BCUT2D eigenvalue weighted by Gasteiger charge is 2.62. The van der Waals surface area contributed by atoms with Crippen molar-refractivity contribution in [3.8, 4) is 0 Å². The van der Waals surface area contributed by atoms with Gasteiger partial charge in [-0.25, -0.2) is 8.42 Å². The van der Waals surface area contributed by atoms with Crippen LogP contribution in [0.2, 0.25) is 15.1 Å². The van der Waals surface area contributed by atoms with E-state index in [-0.39, 0.29) is 50.6 Å². The second kappa shape index (κ2) is 8.73. The minimum Gasteiger partial charge on any atom is -0.374 e. The molecule has 1 fully saturated rings. The number of hydrogen-bond donors (Lipinski definition) is 1. The minimum atomic E-state index is -4.91. The number of fused-ring (bicyclic) bond motifs is 2. The summed E-state index contributed by atoms with van der Waals surface area (Å²) in [5.74, 6) is -1.70. The van der Waals surface area contributed by atoms with E-state index in [9.17, 15) is 31.2 Å². The molecule has 38 heavy (non-hydrogen) atoms. The zero-order valence-corrected chi connectivity index (χ0v) is 22.4. The molecular weight excluding hydrogens is 594 g/mol. The highest BCUT2D eigenvalue weighted by molar-refractivity contribution is 7.91. The fourth-order valence-corrected chi connectivity index (χ4v) is 6.10. The Hall–Kier alpha value is -2.54. The number of rotatable bonds is 4. The van der Waals surface area contributed by atoms with Crippen molar-refractivity contribution < 1.29 is 36.0 Å².